The molecule has 2 N–H and O–H groups in total. The average Bonchev–Trinajstić information content (AvgIpc) is 2.93. The van der Waals surface area contributed by atoms with Crippen LogP contribution in [0, 0.1) is 17.0 Å². The number of hydrazine groups is 1. The Morgan fingerprint density at radius 2 is 2.07 bits per heavy atom. The van der Waals surface area contributed by atoms with Crippen LogP contribution in [0.5, 0.6) is 0 Å². The first-order chi connectivity index (χ1) is 12.5. The van der Waals surface area contributed by atoms with Crippen LogP contribution in [0.3, 0.4) is 0 Å². The van der Waals surface area contributed by atoms with Crippen molar-refractivity contribution < 1.29 is 19.3 Å². The number of benzene rings is 1. The molecule has 3 rings (SSSR count). The molecular formula is C16H17N5O5S. The van der Waals surface area contributed by atoms with Crippen LogP contribution < -0.4 is 10.6 Å². The topological polar surface area (TPSA) is 125 Å². The van der Waals surface area contributed by atoms with E-state index < -0.39 is 34.2 Å². The summed E-state index contributed by atoms with van der Waals surface area (Å²) in [6.45, 7) is 4.74. The molecule has 1 aromatic carbocycles. The Labute approximate surface area is 159 Å². The zero-order chi connectivity index (χ0) is 20.1. The lowest BCUT2D eigenvalue weighted by Crippen LogP contribution is -2.71. The van der Waals surface area contributed by atoms with Gasteiger partial charge in [0.25, 0.3) is 5.69 Å². The number of amides is 3. The molecule has 0 unspecified atom stereocenters. The number of hydrogen-bond donors (Lipinski definition) is 2. The van der Waals surface area contributed by atoms with E-state index in [9.17, 15) is 24.5 Å². The van der Waals surface area contributed by atoms with Crippen molar-refractivity contribution in [2.24, 2.45) is 0 Å². The Hall–Kier alpha value is -2.92. The molecule has 27 heavy (non-hydrogen) atoms. The lowest BCUT2D eigenvalue weighted by Gasteiger charge is -2.45. The van der Waals surface area contributed by atoms with Gasteiger partial charge in [-0.05, 0) is 39.1 Å². The molecule has 2 aliphatic rings. The highest BCUT2D eigenvalue weighted by Crippen LogP contribution is 2.33. The number of thiocarbonyl (C=S) groups is 1. The van der Waals surface area contributed by atoms with Crippen molar-refractivity contribution in [2.75, 3.05) is 5.32 Å². The molecule has 1 atom stereocenters. The Morgan fingerprint density at radius 1 is 1.41 bits per heavy atom. The first-order valence-corrected chi connectivity index (χ1v) is 8.48. The van der Waals surface area contributed by atoms with E-state index in [0.717, 1.165) is 5.01 Å². The van der Waals surface area contributed by atoms with Gasteiger partial charge in [-0.2, -0.15) is 5.01 Å². The van der Waals surface area contributed by atoms with Gasteiger partial charge in [0.1, 0.15) is 11.6 Å². The molecule has 2 heterocycles. The zero-order valence-corrected chi connectivity index (χ0v) is 15.6. The number of nitrogens with one attached hydrogen (secondary N) is 2. The molecule has 2 saturated heterocycles. The van der Waals surface area contributed by atoms with Gasteiger partial charge < -0.3 is 5.32 Å². The van der Waals surface area contributed by atoms with Crippen LogP contribution in [0.1, 0.15) is 25.8 Å². The lowest BCUT2D eigenvalue weighted by atomic mass is 10.00. The first kappa shape index (κ1) is 18.9. The van der Waals surface area contributed by atoms with E-state index in [0.29, 0.717) is 5.56 Å². The van der Waals surface area contributed by atoms with Gasteiger partial charge in [-0.1, -0.05) is 6.07 Å². The summed E-state index contributed by atoms with van der Waals surface area (Å²) in [6.07, 6.45) is -0.168. The van der Waals surface area contributed by atoms with E-state index in [2.05, 4.69) is 10.6 Å². The van der Waals surface area contributed by atoms with Gasteiger partial charge >= 0.3 is 0 Å². The summed E-state index contributed by atoms with van der Waals surface area (Å²) < 4.78 is 0. The second-order valence-electron chi connectivity index (χ2n) is 6.84. The first-order valence-electron chi connectivity index (χ1n) is 8.07. The predicted octanol–water partition coefficient (Wildman–Crippen LogP) is 0.853. The molecule has 0 aromatic heterocycles. The number of nitro groups is 1. The molecule has 2 fully saturated rings. The summed E-state index contributed by atoms with van der Waals surface area (Å²) in [5.41, 5.74) is -0.629. The maximum Gasteiger partial charge on any atom is 0.274 e. The molecule has 0 aliphatic carbocycles. The largest absolute Gasteiger partial charge is 0.324 e. The van der Waals surface area contributed by atoms with Crippen molar-refractivity contribution in [1.29, 1.82) is 0 Å². The van der Waals surface area contributed by atoms with E-state index in [1.165, 1.54) is 23.2 Å². The zero-order valence-electron chi connectivity index (χ0n) is 14.8. The number of aryl methyl sites for hydroxylation is 1. The van der Waals surface area contributed by atoms with Crippen LogP contribution in [0.25, 0.3) is 0 Å². The number of nitrogens with zero attached hydrogens (tertiary/aromatic N) is 3. The minimum absolute atomic E-state index is 0.0781. The monoisotopic (exact) mass is 391 g/mol. The molecule has 3 amide bonds. The Balaban J connectivity index is 1.90. The quantitative estimate of drug-likeness (QED) is 0.445. The van der Waals surface area contributed by atoms with E-state index >= 15 is 0 Å². The maximum atomic E-state index is 12.8. The van der Waals surface area contributed by atoms with Crippen molar-refractivity contribution in [3.63, 3.8) is 0 Å². The van der Waals surface area contributed by atoms with E-state index in [1.54, 1.807) is 20.8 Å². The highest BCUT2D eigenvalue weighted by molar-refractivity contribution is 7.80. The van der Waals surface area contributed by atoms with Crippen LogP contribution in [0.4, 0.5) is 11.4 Å². The molecule has 0 spiro atoms. The molecule has 10 nitrogen and oxygen atoms in total. The second kappa shape index (κ2) is 6.35. The Kier molecular flexibility index (Phi) is 4.44. The Morgan fingerprint density at radius 3 is 2.70 bits per heavy atom. The van der Waals surface area contributed by atoms with Gasteiger partial charge in [0.05, 0.1) is 11.3 Å². The van der Waals surface area contributed by atoms with Gasteiger partial charge in [0, 0.05) is 17.3 Å². The minimum Gasteiger partial charge on any atom is -0.324 e. The van der Waals surface area contributed by atoms with Crippen molar-refractivity contribution in [3.05, 3.63) is 33.9 Å². The van der Waals surface area contributed by atoms with Crippen LogP contribution >= 0.6 is 12.2 Å². The second-order valence-corrected chi connectivity index (χ2v) is 7.22. The number of anilines is 1. The average molecular weight is 391 g/mol. The van der Waals surface area contributed by atoms with Crippen molar-refractivity contribution in [3.8, 4) is 0 Å². The van der Waals surface area contributed by atoms with Crippen molar-refractivity contribution in [2.45, 2.75) is 38.8 Å². The highest BCUT2D eigenvalue weighted by atomic mass is 32.1. The maximum absolute atomic E-state index is 12.8. The third-order valence-electron chi connectivity index (χ3n) is 4.63. The van der Waals surface area contributed by atoms with Gasteiger partial charge in [0.2, 0.25) is 17.7 Å². The number of hydrogen-bond acceptors (Lipinski definition) is 7. The molecule has 142 valence electrons. The molecule has 2 aliphatic heterocycles. The number of fused-ring (bicyclic) bond motifs is 1. The van der Waals surface area contributed by atoms with Crippen LogP contribution in [-0.4, -0.2) is 49.4 Å². The standard InChI is InChI=1S/C16H17N5O5S/c1-8-4-5-9(6-10(8)21(25)26)17-13(23)11-7-12(22)19-15(27)18-14(24)16(2,3)20(11)19/h4-6,11H,7H2,1-3H3,(H,17,23)(H,18,24,27)/t11-/m1/s1. The number of carbonyl (C=O) groups excluding carboxylic acids is 3. The Bertz CT molecular complexity index is 899. The number of carbonyl (C=O) groups is 3. The number of rotatable bonds is 3. The van der Waals surface area contributed by atoms with Crippen LogP contribution in [0.2, 0.25) is 0 Å². The van der Waals surface area contributed by atoms with Gasteiger partial charge in [-0.25, -0.2) is 5.01 Å². The summed E-state index contributed by atoms with van der Waals surface area (Å²) in [5, 5.41) is 18.5. The summed E-state index contributed by atoms with van der Waals surface area (Å²) in [6, 6.07) is 3.33. The van der Waals surface area contributed by atoms with Crippen LogP contribution in [-0.2, 0) is 14.4 Å². The number of nitro benzene ring substituents is 1. The molecule has 11 heteroatoms. The summed E-state index contributed by atoms with van der Waals surface area (Å²) in [5.74, 6) is -1.40. The summed E-state index contributed by atoms with van der Waals surface area (Å²) >= 11 is 5.05. The van der Waals surface area contributed by atoms with E-state index in [-0.39, 0.29) is 22.9 Å². The summed E-state index contributed by atoms with van der Waals surface area (Å²) in [4.78, 5) is 48.0. The minimum atomic E-state index is -1.18. The summed E-state index contributed by atoms with van der Waals surface area (Å²) in [7, 11) is 0. The van der Waals surface area contributed by atoms with Crippen LogP contribution in [0.15, 0.2) is 18.2 Å². The van der Waals surface area contributed by atoms with Crippen molar-refractivity contribution in [1.82, 2.24) is 15.3 Å². The fraction of sp³-hybridized carbons (Fsp3) is 0.375. The van der Waals surface area contributed by atoms with Crippen molar-refractivity contribution >= 4 is 46.4 Å². The molecule has 1 aromatic rings. The fourth-order valence-electron chi connectivity index (χ4n) is 3.17. The third-order valence-corrected chi connectivity index (χ3v) is 4.91. The SMILES string of the molecule is Cc1ccc(NC(=O)[C@H]2CC(=O)N3C(=S)NC(=O)C(C)(C)N23)cc1[N+](=O)[O-]. The smallest absolute Gasteiger partial charge is 0.274 e. The van der Waals surface area contributed by atoms with E-state index in [4.69, 9.17) is 12.2 Å². The lowest BCUT2D eigenvalue weighted by molar-refractivity contribution is -0.385. The third kappa shape index (κ3) is 3.04. The van der Waals surface area contributed by atoms with Gasteiger partial charge in [0.15, 0.2) is 5.11 Å². The molecule has 0 radical (unpaired) electrons. The van der Waals surface area contributed by atoms with E-state index in [1.807, 2.05) is 0 Å². The highest BCUT2D eigenvalue weighted by Gasteiger charge is 2.56. The fourth-order valence-corrected chi connectivity index (χ4v) is 3.45. The van der Waals surface area contributed by atoms with Gasteiger partial charge in [-0.3, -0.25) is 29.8 Å². The predicted molar refractivity (Wildman–Crippen MR) is 98.4 cm³/mol. The molecule has 0 bridgehead atoms. The molecular weight excluding hydrogens is 374 g/mol. The normalized spacial score (nSPS) is 21.7. The molecule has 0 saturated carbocycles. The van der Waals surface area contributed by atoms with Gasteiger partial charge in [-0.15, -0.1) is 0 Å².